The molecule has 0 unspecified atom stereocenters. The molecule has 0 bridgehead atoms. The van der Waals surface area contributed by atoms with Crippen LogP contribution in [0.25, 0.3) is 11.3 Å². The Morgan fingerprint density at radius 1 is 0.946 bits per heavy atom. The standard InChI is InChI=1S/C29H34FN5O2/c1-3-4-16-35(29(37)24-8-5-6-9-25(24)30)21-28(36)34-18-7-17-33(19-20-34)27-15-14-26(31-32-27)23-12-10-22(2)11-13-23/h5-6,8-15H,3-4,7,16-21H2,1-2H3. The van der Waals surface area contributed by atoms with E-state index in [1.807, 2.05) is 31.2 Å². The van der Waals surface area contributed by atoms with E-state index in [1.54, 1.807) is 17.0 Å². The van der Waals surface area contributed by atoms with Crippen molar-refractivity contribution in [3.05, 3.63) is 77.6 Å². The Morgan fingerprint density at radius 3 is 2.43 bits per heavy atom. The van der Waals surface area contributed by atoms with Gasteiger partial charge in [0.25, 0.3) is 5.91 Å². The summed E-state index contributed by atoms with van der Waals surface area (Å²) in [5, 5.41) is 8.86. The molecule has 1 aromatic heterocycles. The Hall–Kier alpha value is -3.81. The van der Waals surface area contributed by atoms with Gasteiger partial charge in [-0.1, -0.05) is 55.3 Å². The summed E-state index contributed by atoms with van der Waals surface area (Å²) >= 11 is 0. The van der Waals surface area contributed by atoms with E-state index in [-0.39, 0.29) is 18.0 Å². The minimum Gasteiger partial charge on any atom is -0.353 e. The summed E-state index contributed by atoms with van der Waals surface area (Å²) < 4.78 is 14.3. The fraction of sp³-hybridized carbons (Fsp3) is 0.379. The first-order valence-corrected chi connectivity index (χ1v) is 12.9. The number of hydrogen-bond donors (Lipinski definition) is 0. The number of anilines is 1. The van der Waals surface area contributed by atoms with Gasteiger partial charge < -0.3 is 14.7 Å². The van der Waals surface area contributed by atoms with E-state index >= 15 is 0 Å². The average molecular weight is 504 g/mol. The molecule has 194 valence electrons. The minimum absolute atomic E-state index is 0.00102. The lowest BCUT2D eigenvalue weighted by Crippen LogP contribution is -2.44. The first-order valence-electron chi connectivity index (χ1n) is 12.9. The van der Waals surface area contributed by atoms with Crippen molar-refractivity contribution in [2.24, 2.45) is 0 Å². The Bertz CT molecular complexity index is 1200. The van der Waals surface area contributed by atoms with E-state index < -0.39 is 11.7 Å². The highest BCUT2D eigenvalue weighted by molar-refractivity contribution is 5.96. The zero-order valence-corrected chi connectivity index (χ0v) is 21.6. The highest BCUT2D eigenvalue weighted by atomic mass is 19.1. The molecule has 1 fully saturated rings. The molecule has 0 radical (unpaired) electrons. The minimum atomic E-state index is -0.568. The van der Waals surface area contributed by atoms with Crippen molar-refractivity contribution in [3.8, 4) is 11.3 Å². The molecule has 4 rings (SSSR count). The van der Waals surface area contributed by atoms with Gasteiger partial charge in [-0.15, -0.1) is 10.2 Å². The summed E-state index contributed by atoms with van der Waals surface area (Å²) in [6.07, 6.45) is 2.40. The van der Waals surface area contributed by atoms with Crippen molar-refractivity contribution in [2.45, 2.75) is 33.1 Å². The van der Waals surface area contributed by atoms with Gasteiger partial charge in [0, 0.05) is 38.3 Å². The van der Waals surface area contributed by atoms with E-state index in [9.17, 15) is 14.0 Å². The number of carbonyl (C=O) groups excluding carboxylic acids is 2. The molecule has 7 nitrogen and oxygen atoms in total. The van der Waals surface area contributed by atoms with Gasteiger partial charge in [0.15, 0.2) is 5.82 Å². The summed E-state index contributed by atoms with van der Waals surface area (Å²) in [6.45, 7) is 6.94. The summed E-state index contributed by atoms with van der Waals surface area (Å²) in [6, 6.07) is 18.1. The van der Waals surface area contributed by atoms with Crippen molar-refractivity contribution in [1.82, 2.24) is 20.0 Å². The van der Waals surface area contributed by atoms with Crippen LogP contribution in [0.5, 0.6) is 0 Å². The van der Waals surface area contributed by atoms with Crippen LogP contribution in [0.15, 0.2) is 60.7 Å². The Kier molecular flexibility index (Phi) is 8.82. The Morgan fingerprint density at radius 2 is 1.73 bits per heavy atom. The van der Waals surface area contributed by atoms with E-state index in [2.05, 4.69) is 34.2 Å². The number of amides is 2. The molecule has 0 N–H and O–H groups in total. The van der Waals surface area contributed by atoms with Gasteiger partial charge in [-0.25, -0.2) is 4.39 Å². The molecule has 0 atom stereocenters. The highest BCUT2D eigenvalue weighted by Gasteiger charge is 2.25. The number of aryl methyl sites for hydroxylation is 1. The second kappa shape index (κ2) is 12.4. The third-order valence-corrected chi connectivity index (χ3v) is 6.67. The first-order chi connectivity index (χ1) is 18.0. The number of halogens is 1. The molecule has 8 heteroatoms. The molecule has 0 spiro atoms. The van der Waals surface area contributed by atoms with Crippen molar-refractivity contribution in [3.63, 3.8) is 0 Å². The van der Waals surface area contributed by atoms with Crippen molar-refractivity contribution in [2.75, 3.05) is 44.2 Å². The van der Waals surface area contributed by atoms with Crippen LogP contribution in [0, 0.1) is 12.7 Å². The second-order valence-electron chi connectivity index (χ2n) is 9.42. The van der Waals surface area contributed by atoms with Crippen molar-refractivity contribution < 1.29 is 14.0 Å². The van der Waals surface area contributed by atoms with Crippen LogP contribution < -0.4 is 4.90 Å². The number of nitrogens with zero attached hydrogens (tertiary/aromatic N) is 5. The SMILES string of the molecule is CCCCN(CC(=O)N1CCCN(c2ccc(-c3ccc(C)cc3)nn2)CC1)C(=O)c1ccccc1F. The van der Waals surface area contributed by atoms with Crippen LogP contribution in [-0.4, -0.2) is 71.1 Å². The number of aromatic nitrogens is 2. The molecule has 2 aromatic carbocycles. The lowest BCUT2D eigenvalue weighted by atomic mass is 10.1. The average Bonchev–Trinajstić information content (AvgIpc) is 3.18. The van der Waals surface area contributed by atoms with Gasteiger partial charge in [0.1, 0.15) is 12.4 Å². The van der Waals surface area contributed by atoms with Crippen LogP contribution in [0.4, 0.5) is 10.2 Å². The number of carbonyl (C=O) groups is 2. The third-order valence-electron chi connectivity index (χ3n) is 6.67. The lowest BCUT2D eigenvalue weighted by molar-refractivity contribution is -0.131. The maximum absolute atomic E-state index is 14.3. The van der Waals surface area contributed by atoms with Crippen LogP contribution in [-0.2, 0) is 4.79 Å². The third kappa shape index (κ3) is 6.70. The fourth-order valence-corrected chi connectivity index (χ4v) is 4.44. The largest absolute Gasteiger partial charge is 0.353 e. The van der Waals surface area contributed by atoms with Gasteiger partial charge in [0.05, 0.1) is 11.3 Å². The van der Waals surface area contributed by atoms with Crippen LogP contribution >= 0.6 is 0 Å². The van der Waals surface area contributed by atoms with Crippen LogP contribution in [0.2, 0.25) is 0 Å². The predicted molar refractivity (Wildman–Crippen MR) is 143 cm³/mol. The summed E-state index contributed by atoms with van der Waals surface area (Å²) in [5.74, 6) is -0.352. The molecule has 1 aliphatic heterocycles. The maximum Gasteiger partial charge on any atom is 0.257 e. The number of rotatable bonds is 8. The Balaban J connectivity index is 1.38. The fourth-order valence-electron chi connectivity index (χ4n) is 4.44. The van der Waals surface area contributed by atoms with Crippen LogP contribution in [0.1, 0.15) is 42.1 Å². The second-order valence-corrected chi connectivity index (χ2v) is 9.42. The topological polar surface area (TPSA) is 69.6 Å². The van der Waals surface area contributed by atoms with Crippen LogP contribution in [0.3, 0.4) is 0 Å². The molecule has 2 heterocycles. The molecule has 1 saturated heterocycles. The number of hydrogen-bond acceptors (Lipinski definition) is 5. The molecule has 2 amide bonds. The zero-order valence-electron chi connectivity index (χ0n) is 21.6. The first kappa shape index (κ1) is 26.3. The maximum atomic E-state index is 14.3. The summed E-state index contributed by atoms with van der Waals surface area (Å²) in [7, 11) is 0. The molecule has 1 aliphatic rings. The molecule has 37 heavy (non-hydrogen) atoms. The molecular weight excluding hydrogens is 469 g/mol. The smallest absolute Gasteiger partial charge is 0.257 e. The molecular formula is C29H34FN5O2. The number of benzene rings is 2. The summed E-state index contributed by atoms with van der Waals surface area (Å²) in [4.78, 5) is 31.6. The van der Waals surface area contributed by atoms with E-state index in [0.717, 1.165) is 42.9 Å². The van der Waals surface area contributed by atoms with Crippen molar-refractivity contribution in [1.29, 1.82) is 0 Å². The van der Waals surface area contributed by atoms with Gasteiger partial charge >= 0.3 is 0 Å². The van der Waals surface area contributed by atoms with Gasteiger partial charge in [0.2, 0.25) is 5.91 Å². The van der Waals surface area contributed by atoms with E-state index in [4.69, 9.17) is 0 Å². The number of unbranched alkanes of at least 4 members (excludes halogenated alkanes) is 1. The monoisotopic (exact) mass is 503 g/mol. The molecule has 0 aliphatic carbocycles. The zero-order chi connectivity index (χ0) is 26.2. The van der Waals surface area contributed by atoms with Gasteiger partial charge in [-0.05, 0) is 44.0 Å². The molecule has 3 aromatic rings. The van der Waals surface area contributed by atoms with Gasteiger partial charge in [-0.3, -0.25) is 9.59 Å². The predicted octanol–water partition coefficient (Wildman–Crippen LogP) is 4.57. The van der Waals surface area contributed by atoms with Crippen molar-refractivity contribution >= 4 is 17.6 Å². The lowest BCUT2D eigenvalue weighted by Gasteiger charge is -2.27. The highest BCUT2D eigenvalue weighted by Crippen LogP contribution is 2.20. The Labute approximate surface area is 217 Å². The van der Waals surface area contributed by atoms with Gasteiger partial charge in [-0.2, -0.15) is 0 Å². The summed E-state index contributed by atoms with van der Waals surface area (Å²) in [5.41, 5.74) is 3.04. The quantitative estimate of drug-likeness (QED) is 0.450. The normalized spacial score (nSPS) is 13.8. The van der Waals surface area contributed by atoms with E-state index in [1.165, 1.54) is 22.6 Å². The molecule has 0 saturated carbocycles. The van der Waals surface area contributed by atoms with E-state index in [0.29, 0.717) is 26.2 Å².